The van der Waals surface area contributed by atoms with Gasteiger partial charge in [0.15, 0.2) is 0 Å². The smallest absolute Gasteiger partial charge is 0.266 e. The van der Waals surface area contributed by atoms with Crippen molar-refractivity contribution in [3.05, 3.63) is 89.0 Å². The van der Waals surface area contributed by atoms with E-state index < -0.39 is 11.8 Å². The fraction of sp³-hybridized carbons (Fsp3) is 0.154. The van der Waals surface area contributed by atoms with Crippen LogP contribution in [0.4, 0.5) is 17.1 Å². The van der Waals surface area contributed by atoms with E-state index in [9.17, 15) is 19.2 Å². The minimum Gasteiger partial charge on any atom is -0.326 e. The number of nitrogens with one attached hydrogen (secondary N) is 2. The molecule has 0 fully saturated rings. The van der Waals surface area contributed by atoms with Crippen molar-refractivity contribution in [1.82, 2.24) is 0 Å². The summed E-state index contributed by atoms with van der Waals surface area (Å²) >= 11 is 0. The molecule has 166 valence electrons. The van der Waals surface area contributed by atoms with Crippen molar-refractivity contribution in [3.8, 4) is 0 Å². The average molecular weight is 441 g/mol. The van der Waals surface area contributed by atoms with Crippen molar-refractivity contribution in [3.63, 3.8) is 0 Å². The first kappa shape index (κ1) is 22.0. The van der Waals surface area contributed by atoms with Crippen molar-refractivity contribution >= 4 is 40.7 Å². The van der Waals surface area contributed by atoms with Crippen LogP contribution in [0, 0.1) is 0 Å². The minimum absolute atomic E-state index is 0.175. The highest BCUT2D eigenvalue weighted by atomic mass is 16.2. The van der Waals surface area contributed by atoms with E-state index in [1.54, 1.807) is 24.3 Å². The molecule has 1 aliphatic heterocycles. The second-order valence-corrected chi connectivity index (χ2v) is 8.16. The van der Waals surface area contributed by atoms with Gasteiger partial charge in [0, 0.05) is 23.9 Å². The molecule has 1 aliphatic rings. The van der Waals surface area contributed by atoms with Crippen molar-refractivity contribution in [2.24, 2.45) is 0 Å². The van der Waals surface area contributed by atoms with E-state index in [1.165, 1.54) is 30.7 Å². The Balaban J connectivity index is 1.54. The molecule has 7 heteroatoms. The third kappa shape index (κ3) is 4.39. The summed E-state index contributed by atoms with van der Waals surface area (Å²) in [4.78, 5) is 50.9. The van der Waals surface area contributed by atoms with Gasteiger partial charge in [-0.3, -0.25) is 19.2 Å². The Labute approximate surface area is 191 Å². The highest BCUT2D eigenvalue weighted by molar-refractivity contribution is 6.34. The molecular weight excluding hydrogens is 418 g/mol. The van der Waals surface area contributed by atoms with Gasteiger partial charge in [0.2, 0.25) is 5.91 Å². The van der Waals surface area contributed by atoms with E-state index in [-0.39, 0.29) is 28.5 Å². The van der Waals surface area contributed by atoms with Crippen LogP contribution in [0.5, 0.6) is 0 Å². The maximum absolute atomic E-state index is 13.0. The van der Waals surface area contributed by atoms with Crippen molar-refractivity contribution < 1.29 is 19.2 Å². The predicted octanol–water partition coefficient (Wildman–Crippen LogP) is 4.82. The fourth-order valence-electron chi connectivity index (χ4n) is 3.67. The zero-order valence-corrected chi connectivity index (χ0v) is 18.5. The molecule has 0 atom stereocenters. The SMILES string of the molecule is CC(=O)Nc1ccc(N2C(=O)c3ccc(C(=O)Nc4ccc(C(C)C)cc4)cc3C2=O)cc1. The molecule has 0 spiro atoms. The number of benzene rings is 3. The van der Waals surface area contributed by atoms with E-state index in [2.05, 4.69) is 24.5 Å². The molecule has 4 amide bonds. The van der Waals surface area contributed by atoms with Crippen LogP contribution < -0.4 is 15.5 Å². The van der Waals surface area contributed by atoms with E-state index in [4.69, 9.17) is 0 Å². The van der Waals surface area contributed by atoms with Gasteiger partial charge in [0.25, 0.3) is 17.7 Å². The highest BCUT2D eigenvalue weighted by Crippen LogP contribution is 2.30. The standard InChI is InChI=1S/C26H23N3O4/c1-15(2)17-4-7-20(8-5-17)28-24(31)18-6-13-22-23(14-18)26(33)29(25(22)32)21-11-9-19(10-12-21)27-16(3)30/h4-15H,1-3H3,(H,27,30)(H,28,31). The second-order valence-electron chi connectivity index (χ2n) is 8.16. The van der Waals surface area contributed by atoms with Crippen LogP contribution in [0.1, 0.15) is 63.3 Å². The molecule has 2 N–H and O–H groups in total. The fourth-order valence-corrected chi connectivity index (χ4v) is 3.67. The van der Waals surface area contributed by atoms with E-state index in [1.807, 2.05) is 24.3 Å². The molecule has 0 unspecified atom stereocenters. The monoisotopic (exact) mass is 441 g/mol. The summed E-state index contributed by atoms with van der Waals surface area (Å²) in [7, 11) is 0. The molecule has 1 heterocycles. The molecule has 7 nitrogen and oxygen atoms in total. The summed E-state index contributed by atoms with van der Waals surface area (Å²) in [6.45, 7) is 5.58. The largest absolute Gasteiger partial charge is 0.326 e. The molecule has 0 radical (unpaired) electrons. The highest BCUT2D eigenvalue weighted by Gasteiger charge is 2.37. The topological polar surface area (TPSA) is 95.6 Å². The van der Waals surface area contributed by atoms with E-state index in [0.29, 0.717) is 23.0 Å². The lowest BCUT2D eigenvalue weighted by atomic mass is 10.0. The number of amides is 4. The van der Waals surface area contributed by atoms with E-state index in [0.717, 1.165) is 4.90 Å². The number of hydrogen-bond donors (Lipinski definition) is 2. The Kier molecular flexibility index (Phi) is 5.79. The van der Waals surface area contributed by atoms with Crippen molar-refractivity contribution in [1.29, 1.82) is 0 Å². The van der Waals surface area contributed by atoms with Gasteiger partial charge in [0.05, 0.1) is 16.8 Å². The number of carbonyl (C=O) groups excluding carboxylic acids is 4. The Morgan fingerprint density at radius 2 is 1.33 bits per heavy atom. The van der Waals surface area contributed by atoms with E-state index >= 15 is 0 Å². The predicted molar refractivity (Wildman–Crippen MR) is 127 cm³/mol. The molecule has 0 saturated carbocycles. The maximum Gasteiger partial charge on any atom is 0.266 e. The molecule has 0 bridgehead atoms. The summed E-state index contributed by atoms with van der Waals surface area (Å²) < 4.78 is 0. The zero-order chi connectivity index (χ0) is 23.7. The number of fused-ring (bicyclic) bond motifs is 1. The molecule has 3 aromatic carbocycles. The lowest BCUT2D eigenvalue weighted by molar-refractivity contribution is -0.114. The number of rotatable bonds is 5. The number of imide groups is 1. The molecule has 33 heavy (non-hydrogen) atoms. The van der Waals surface area contributed by atoms with Gasteiger partial charge < -0.3 is 10.6 Å². The number of carbonyl (C=O) groups is 4. The zero-order valence-electron chi connectivity index (χ0n) is 18.5. The van der Waals surface area contributed by atoms with Gasteiger partial charge in [0.1, 0.15) is 0 Å². The molecule has 3 aromatic rings. The number of nitrogens with zero attached hydrogens (tertiary/aromatic N) is 1. The molecule has 4 rings (SSSR count). The van der Waals surface area contributed by atoms with Gasteiger partial charge in [-0.2, -0.15) is 0 Å². The normalized spacial score (nSPS) is 12.7. The molecule has 0 aliphatic carbocycles. The Bertz CT molecular complexity index is 1260. The van der Waals surface area contributed by atoms with Crippen LogP contribution in [0.25, 0.3) is 0 Å². The summed E-state index contributed by atoms with van der Waals surface area (Å²) in [6.07, 6.45) is 0. The average Bonchev–Trinajstić information content (AvgIpc) is 3.04. The van der Waals surface area contributed by atoms with Crippen LogP contribution >= 0.6 is 0 Å². The summed E-state index contributed by atoms with van der Waals surface area (Å²) in [5, 5.41) is 5.46. The van der Waals surface area contributed by atoms with Gasteiger partial charge in [-0.25, -0.2) is 4.90 Å². The van der Waals surface area contributed by atoms with Gasteiger partial charge >= 0.3 is 0 Å². The van der Waals surface area contributed by atoms with Crippen molar-refractivity contribution in [2.45, 2.75) is 26.7 Å². The lowest BCUT2D eigenvalue weighted by Crippen LogP contribution is -2.29. The third-order valence-electron chi connectivity index (χ3n) is 5.43. The first-order chi connectivity index (χ1) is 15.7. The molecule has 0 aromatic heterocycles. The van der Waals surface area contributed by atoms with Crippen LogP contribution in [0.2, 0.25) is 0 Å². The Hall–Kier alpha value is -4.26. The van der Waals surface area contributed by atoms with Gasteiger partial charge in [-0.1, -0.05) is 26.0 Å². The number of hydrogen-bond acceptors (Lipinski definition) is 4. The third-order valence-corrected chi connectivity index (χ3v) is 5.43. The molecule has 0 saturated heterocycles. The van der Waals surface area contributed by atoms with Crippen LogP contribution in [-0.4, -0.2) is 23.6 Å². The van der Waals surface area contributed by atoms with Gasteiger partial charge in [-0.15, -0.1) is 0 Å². The summed E-state index contributed by atoms with van der Waals surface area (Å²) in [5.74, 6) is -1.16. The van der Waals surface area contributed by atoms with Crippen LogP contribution in [0.15, 0.2) is 66.7 Å². The minimum atomic E-state index is -0.502. The molecular formula is C26H23N3O4. The van der Waals surface area contributed by atoms with Crippen LogP contribution in [0.3, 0.4) is 0 Å². The summed E-state index contributed by atoms with van der Waals surface area (Å²) in [6, 6.07) is 18.5. The van der Waals surface area contributed by atoms with Gasteiger partial charge in [-0.05, 0) is 66.1 Å². The van der Waals surface area contributed by atoms with Crippen molar-refractivity contribution in [2.75, 3.05) is 15.5 Å². The Morgan fingerprint density at radius 3 is 1.94 bits per heavy atom. The Morgan fingerprint density at radius 1 is 0.758 bits per heavy atom. The summed E-state index contributed by atoms with van der Waals surface area (Å²) in [5.41, 5.74) is 3.45. The second kappa shape index (κ2) is 8.70. The first-order valence-electron chi connectivity index (χ1n) is 10.6. The first-order valence-corrected chi connectivity index (χ1v) is 10.6. The quantitative estimate of drug-likeness (QED) is 0.555. The number of anilines is 3. The lowest BCUT2D eigenvalue weighted by Gasteiger charge is -2.14. The van der Waals surface area contributed by atoms with Crippen LogP contribution in [-0.2, 0) is 4.79 Å². The maximum atomic E-state index is 13.0.